The number of nitrogens with two attached hydrogens (primary N) is 1. The molecule has 0 unspecified atom stereocenters. The van der Waals surface area contributed by atoms with Gasteiger partial charge in [0.2, 0.25) is 5.91 Å². The van der Waals surface area contributed by atoms with Crippen LogP contribution in [0, 0.1) is 11.3 Å². The Morgan fingerprint density at radius 3 is 2.24 bits per heavy atom. The highest BCUT2D eigenvalue weighted by molar-refractivity contribution is 6.28. The molecule has 0 radical (unpaired) electrons. The Kier molecular flexibility index (Phi) is 18.0. The lowest BCUT2D eigenvalue weighted by Crippen LogP contribution is -2.38. The number of benzene rings is 2. The second kappa shape index (κ2) is 21.7. The number of ether oxygens (including phenoxy) is 1. The van der Waals surface area contributed by atoms with E-state index in [4.69, 9.17) is 15.9 Å². The fourth-order valence-electron chi connectivity index (χ4n) is 5.52. The number of nitrogens with zero attached hydrogens (tertiary/aromatic N) is 2. The van der Waals surface area contributed by atoms with Crippen molar-refractivity contribution in [1.29, 1.82) is 5.41 Å². The van der Waals surface area contributed by atoms with E-state index in [1.165, 1.54) is 51.1 Å². The summed E-state index contributed by atoms with van der Waals surface area (Å²) in [7, 11) is 0. The lowest BCUT2D eigenvalue weighted by Gasteiger charge is -2.30. The van der Waals surface area contributed by atoms with E-state index < -0.39 is 0 Å². The van der Waals surface area contributed by atoms with Crippen LogP contribution in [-0.4, -0.2) is 47.9 Å². The van der Waals surface area contributed by atoms with Crippen molar-refractivity contribution >= 4 is 17.3 Å². The van der Waals surface area contributed by atoms with Gasteiger partial charge in [-0.25, -0.2) is 0 Å². The fourth-order valence-corrected chi connectivity index (χ4v) is 5.52. The summed E-state index contributed by atoms with van der Waals surface area (Å²) in [5, 5.41) is 12.0. The molecule has 0 bridgehead atoms. The zero-order chi connectivity index (χ0) is 33.7. The molecule has 1 atom stereocenters. The van der Waals surface area contributed by atoms with Gasteiger partial charge in [-0.2, -0.15) is 0 Å². The van der Waals surface area contributed by atoms with E-state index in [9.17, 15) is 4.79 Å². The third kappa shape index (κ3) is 14.0. The van der Waals surface area contributed by atoms with E-state index in [2.05, 4.69) is 37.7 Å². The van der Waals surface area contributed by atoms with Gasteiger partial charge in [0.15, 0.2) is 0 Å². The van der Waals surface area contributed by atoms with Gasteiger partial charge in [0, 0.05) is 60.5 Å². The highest BCUT2D eigenvalue weighted by Gasteiger charge is 2.19. The number of hydrogen-bond acceptors (Lipinski definition) is 6. The third-order valence-electron chi connectivity index (χ3n) is 7.77. The minimum Gasteiger partial charge on any atom is -0.457 e. The largest absolute Gasteiger partial charge is 0.457 e. The van der Waals surface area contributed by atoms with Crippen LogP contribution in [0.2, 0.25) is 0 Å². The van der Waals surface area contributed by atoms with Crippen LogP contribution in [0.15, 0.2) is 95.8 Å². The molecule has 2 fully saturated rings. The summed E-state index contributed by atoms with van der Waals surface area (Å²) in [6, 6.07) is 17.6. The smallest absolute Gasteiger partial charge is 0.246 e. The van der Waals surface area contributed by atoms with Gasteiger partial charge >= 0.3 is 0 Å². The van der Waals surface area contributed by atoms with Crippen LogP contribution in [0.3, 0.4) is 0 Å². The molecule has 1 aliphatic carbocycles. The molecule has 1 saturated heterocycles. The molecule has 1 saturated carbocycles. The zero-order valence-corrected chi connectivity index (χ0v) is 28.9. The van der Waals surface area contributed by atoms with E-state index in [-0.39, 0.29) is 5.91 Å². The van der Waals surface area contributed by atoms with Gasteiger partial charge in [-0.05, 0) is 81.8 Å². The summed E-state index contributed by atoms with van der Waals surface area (Å²) in [5.74, 6) is 2.33. The van der Waals surface area contributed by atoms with Gasteiger partial charge in [-0.15, -0.1) is 0 Å². The lowest BCUT2D eigenvalue weighted by molar-refractivity contribution is -0.127. The van der Waals surface area contributed by atoms with Crippen LogP contribution < -0.4 is 15.8 Å². The fraction of sp³-hybridized carbons (Fsp3) is 0.462. The third-order valence-corrected chi connectivity index (χ3v) is 7.77. The van der Waals surface area contributed by atoms with Crippen LogP contribution in [0.25, 0.3) is 0 Å². The number of likely N-dealkylation sites (tertiary alicyclic amines) is 1. The first kappa shape index (κ1) is 38.2. The van der Waals surface area contributed by atoms with Crippen molar-refractivity contribution in [2.24, 2.45) is 16.6 Å². The Morgan fingerprint density at radius 1 is 1.02 bits per heavy atom. The Labute approximate surface area is 278 Å². The number of aliphatic imine (C=N–C) groups is 1. The SMILES string of the molecule is C=CN=C(C)/C(C(=N)c1ccc(Oc2ccccc2)cc1)=C(\C)N.CCC.C[C@@H]1CCCN(C(=O)/C=C/CNC2CCCCC2)C1. The van der Waals surface area contributed by atoms with Gasteiger partial charge in [-0.1, -0.05) is 77.3 Å². The van der Waals surface area contributed by atoms with Gasteiger partial charge in [0.1, 0.15) is 11.5 Å². The van der Waals surface area contributed by atoms with Crippen molar-refractivity contribution in [3.8, 4) is 11.5 Å². The van der Waals surface area contributed by atoms with Crippen molar-refractivity contribution in [3.05, 3.63) is 96.4 Å². The van der Waals surface area contributed by atoms with Crippen LogP contribution in [0.1, 0.15) is 91.5 Å². The molecule has 2 aliphatic rings. The first-order chi connectivity index (χ1) is 22.2. The molecule has 2 aromatic carbocycles. The van der Waals surface area contributed by atoms with E-state index in [1.54, 1.807) is 13.0 Å². The predicted molar refractivity (Wildman–Crippen MR) is 195 cm³/mol. The summed E-state index contributed by atoms with van der Waals surface area (Å²) in [6.07, 6.45) is 15.6. The topological polar surface area (TPSA) is 104 Å². The number of nitrogens with one attached hydrogen (secondary N) is 2. The lowest BCUT2D eigenvalue weighted by atomic mass is 9.95. The highest BCUT2D eigenvalue weighted by atomic mass is 16.5. The number of amides is 1. The number of para-hydroxylation sites is 1. The quantitative estimate of drug-likeness (QED) is 0.181. The van der Waals surface area contributed by atoms with E-state index in [1.807, 2.05) is 72.5 Å². The average Bonchev–Trinajstić information content (AvgIpc) is 3.05. The van der Waals surface area contributed by atoms with Crippen LogP contribution in [0.4, 0.5) is 0 Å². The molecule has 1 amide bonds. The standard InChI is InChI=1S/C20H21N3O.C16H28N2O.C3H8/c1-4-23-15(3)19(14(2)21)20(22)16-10-12-18(13-11-16)24-17-8-6-5-7-9-17;1-14-7-6-12-18(13-14)16(19)10-5-11-17-15-8-3-2-4-9-15;1-3-2/h4-13,22H,1,21H2,2-3H3;5,10,14-15,17H,2-4,6-9,11-13H2,1H3;3H2,1-2H3/b19-14-,22-20?,23-15?;10-5+;/t;14-;/m.1./s1. The number of carbonyl (C=O) groups excluding carboxylic acids is 1. The first-order valence-electron chi connectivity index (χ1n) is 16.9. The van der Waals surface area contributed by atoms with Gasteiger partial charge in [0.25, 0.3) is 0 Å². The molecule has 0 spiro atoms. The molecule has 1 aliphatic heterocycles. The molecule has 7 nitrogen and oxygen atoms in total. The molecule has 4 N–H and O–H groups in total. The van der Waals surface area contributed by atoms with E-state index >= 15 is 0 Å². The summed E-state index contributed by atoms with van der Waals surface area (Å²) >= 11 is 0. The number of rotatable bonds is 10. The van der Waals surface area contributed by atoms with Crippen molar-refractivity contribution in [2.45, 2.75) is 92.0 Å². The minimum atomic E-state index is 0.192. The van der Waals surface area contributed by atoms with Crippen molar-refractivity contribution in [2.75, 3.05) is 19.6 Å². The molecular formula is C39H57N5O2. The number of carbonyl (C=O) groups is 1. The summed E-state index contributed by atoms with van der Waals surface area (Å²) < 4.78 is 5.76. The Hall–Kier alpha value is -3.97. The van der Waals surface area contributed by atoms with Gasteiger partial charge in [0.05, 0.1) is 5.71 Å². The number of hydrogen-bond donors (Lipinski definition) is 3. The average molecular weight is 628 g/mol. The first-order valence-corrected chi connectivity index (χ1v) is 16.9. The second-order valence-electron chi connectivity index (χ2n) is 12.2. The summed E-state index contributed by atoms with van der Waals surface area (Å²) in [4.78, 5) is 18.1. The predicted octanol–water partition coefficient (Wildman–Crippen LogP) is 8.82. The molecule has 1 heterocycles. The zero-order valence-electron chi connectivity index (χ0n) is 28.9. The molecule has 0 aromatic heterocycles. The van der Waals surface area contributed by atoms with E-state index in [0.29, 0.717) is 40.4 Å². The minimum absolute atomic E-state index is 0.192. The molecular weight excluding hydrogens is 570 g/mol. The Morgan fingerprint density at radius 2 is 1.65 bits per heavy atom. The highest BCUT2D eigenvalue weighted by Crippen LogP contribution is 2.23. The van der Waals surface area contributed by atoms with E-state index in [0.717, 1.165) is 37.4 Å². The van der Waals surface area contributed by atoms with Crippen molar-refractivity contribution in [3.63, 3.8) is 0 Å². The van der Waals surface area contributed by atoms with Crippen LogP contribution >= 0.6 is 0 Å². The maximum absolute atomic E-state index is 12.0. The molecule has 46 heavy (non-hydrogen) atoms. The maximum Gasteiger partial charge on any atom is 0.246 e. The Balaban J connectivity index is 0.000000301. The van der Waals surface area contributed by atoms with Crippen molar-refractivity contribution in [1.82, 2.24) is 10.2 Å². The second-order valence-corrected chi connectivity index (χ2v) is 12.2. The summed E-state index contributed by atoms with van der Waals surface area (Å²) in [5.41, 5.74) is 8.84. The van der Waals surface area contributed by atoms with Gasteiger partial charge < -0.3 is 20.7 Å². The van der Waals surface area contributed by atoms with Crippen LogP contribution in [0.5, 0.6) is 11.5 Å². The van der Waals surface area contributed by atoms with Crippen molar-refractivity contribution < 1.29 is 9.53 Å². The molecule has 7 heteroatoms. The normalized spacial score (nSPS) is 17.5. The molecule has 250 valence electrons. The van der Waals surface area contributed by atoms with Gasteiger partial charge in [-0.3, -0.25) is 15.2 Å². The molecule has 2 aromatic rings. The van der Waals surface area contributed by atoms with Crippen LogP contribution in [-0.2, 0) is 4.79 Å². The summed E-state index contributed by atoms with van der Waals surface area (Å²) in [6.45, 7) is 16.3. The Bertz CT molecular complexity index is 1290. The molecule has 4 rings (SSSR count). The monoisotopic (exact) mass is 627 g/mol. The number of allylic oxidation sites excluding steroid dienone is 2. The maximum atomic E-state index is 12.0. The number of piperidine rings is 1.